The predicted molar refractivity (Wildman–Crippen MR) is 75.5 cm³/mol. The Labute approximate surface area is 111 Å². The van der Waals surface area contributed by atoms with Crippen LogP contribution in [0.3, 0.4) is 0 Å². The number of rotatable bonds is 2. The van der Waals surface area contributed by atoms with E-state index in [1.807, 2.05) is 24.4 Å². The molecule has 0 radical (unpaired) electrons. The maximum atomic E-state index is 12.0. The van der Waals surface area contributed by atoms with Gasteiger partial charge in [0, 0.05) is 15.9 Å². The molecule has 2 nitrogen and oxygen atoms in total. The van der Waals surface area contributed by atoms with Crippen molar-refractivity contribution in [1.82, 2.24) is 0 Å². The molecule has 0 saturated carbocycles. The van der Waals surface area contributed by atoms with Gasteiger partial charge < -0.3 is 5.32 Å². The number of anilines is 1. The molecule has 3 heteroatoms. The zero-order chi connectivity index (χ0) is 12.5. The predicted octanol–water partition coefficient (Wildman–Crippen LogP) is 3.80. The fraction of sp³-hybridized carbons (Fsp3) is 0.267. The third-order valence-corrected chi connectivity index (χ3v) is 4.21. The highest BCUT2D eigenvalue weighted by molar-refractivity contribution is 7.10. The summed E-state index contributed by atoms with van der Waals surface area (Å²) in [4.78, 5) is 13.2. The van der Waals surface area contributed by atoms with E-state index in [-0.39, 0.29) is 5.91 Å². The number of carbonyl (C=O) groups excluding carboxylic acids is 1. The topological polar surface area (TPSA) is 29.1 Å². The van der Waals surface area contributed by atoms with Crippen LogP contribution >= 0.6 is 11.3 Å². The fourth-order valence-corrected chi connectivity index (χ4v) is 3.10. The fourth-order valence-electron chi connectivity index (χ4n) is 2.42. The zero-order valence-corrected chi connectivity index (χ0v) is 11.1. The lowest BCUT2D eigenvalue weighted by Gasteiger charge is -2.06. The number of nitrogens with one attached hydrogen (secondary N) is 1. The lowest BCUT2D eigenvalue weighted by molar-refractivity contribution is 0.102. The molecule has 0 saturated heterocycles. The second-order valence-electron chi connectivity index (χ2n) is 4.74. The number of carbonyl (C=O) groups is 1. The van der Waals surface area contributed by atoms with Crippen molar-refractivity contribution in [2.24, 2.45) is 0 Å². The quantitative estimate of drug-likeness (QED) is 0.871. The van der Waals surface area contributed by atoms with Crippen LogP contribution in [0.5, 0.6) is 0 Å². The molecule has 0 fully saturated rings. The van der Waals surface area contributed by atoms with Gasteiger partial charge in [-0.05, 0) is 55.5 Å². The maximum absolute atomic E-state index is 12.0. The molecular formula is C15H15NOS. The first-order valence-corrected chi connectivity index (χ1v) is 7.08. The number of benzene rings is 1. The third-order valence-electron chi connectivity index (χ3n) is 3.35. The van der Waals surface area contributed by atoms with Crippen LogP contribution in [0.25, 0.3) is 0 Å². The van der Waals surface area contributed by atoms with E-state index in [0.717, 1.165) is 22.5 Å². The zero-order valence-electron chi connectivity index (χ0n) is 10.3. The lowest BCUT2D eigenvalue weighted by Crippen LogP contribution is -2.11. The second-order valence-corrected chi connectivity index (χ2v) is 5.85. The van der Waals surface area contributed by atoms with E-state index in [4.69, 9.17) is 0 Å². The summed E-state index contributed by atoms with van der Waals surface area (Å²) in [5, 5.41) is 4.87. The monoisotopic (exact) mass is 257 g/mol. The minimum Gasteiger partial charge on any atom is -0.322 e. The normalized spacial score (nSPS) is 13.4. The molecule has 1 amide bonds. The first-order valence-electron chi connectivity index (χ1n) is 6.21. The van der Waals surface area contributed by atoms with Gasteiger partial charge in [0.1, 0.15) is 0 Å². The number of hydrogen-bond acceptors (Lipinski definition) is 2. The smallest absolute Gasteiger partial charge is 0.256 e. The van der Waals surface area contributed by atoms with Gasteiger partial charge in [-0.2, -0.15) is 0 Å². The highest BCUT2D eigenvalue weighted by atomic mass is 32.1. The van der Waals surface area contributed by atoms with Crippen LogP contribution in [-0.4, -0.2) is 5.91 Å². The number of fused-ring (bicyclic) bond motifs is 1. The Morgan fingerprint density at radius 1 is 1.22 bits per heavy atom. The van der Waals surface area contributed by atoms with Gasteiger partial charge in [-0.3, -0.25) is 4.79 Å². The highest BCUT2D eigenvalue weighted by Crippen LogP contribution is 2.25. The van der Waals surface area contributed by atoms with Crippen molar-refractivity contribution in [2.45, 2.75) is 26.2 Å². The third kappa shape index (κ3) is 2.18. The summed E-state index contributed by atoms with van der Waals surface area (Å²) < 4.78 is 0. The van der Waals surface area contributed by atoms with Gasteiger partial charge in [-0.1, -0.05) is 6.07 Å². The molecule has 3 rings (SSSR count). The van der Waals surface area contributed by atoms with Crippen LogP contribution < -0.4 is 5.32 Å². The second kappa shape index (κ2) is 4.58. The van der Waals surface area contributed by atoms with E-state index in [1.165, 1.54) is 24.0 Å². The Kier molecular flexibility index (Phi) is 2.92. The van der Waals surface area contributed by atoms with E-state index in [0.29, 0.717) is 0 Å². The van der Waals surface area contributed by atoms with Crippen molar-refractivity contribution in [3.05, 3.63) is 51.2 Å². The molecular weight excluding hydrogens is 242 g/mol. The van der Waals surface area contributed by atoms with Crippen molar-refractivity contribution < 1.29 is 4.79 Å². The summed E-state index contributed by atoms with van der Waals surface area (Å²) in [6.45, 7) is 2.01. The molecule has 1 aliphatic rings. The molecule has 0 aliphatic heterocycles. The minimum atomic E-state index is -0.0164. The van der Waals surface area contributed by atoms with E-state index in [9.17, 15) is 4.79 Å². The standard InChI is InChI=1S/C15H15NOS/c1-10-7-13(9-18-10)15(17)16-14-6-5-11-3-2-4-12(11)8-14/h5-9H,2-4H2,1H3,(H,16,17). The van der Waals surface area contributed by atoms with E-state index < -0.39 is 0 Å². The Morgan fingerprint density at radius 3 is 2.83 bits per heavy atom. The summed E-state index contributed by atoms with van der Waals surface area (Å²) in [5.74, 6) is -0.0164. The first kappa shape index (κ1) is 11.5. The molecule has 1 heterocycles. The van der Waals surface area contributed by atoms with Gasteiger partial charge >= 0.3 is 0 Å². The van der Waals surface area contributed by atoms with E-state index in [1.54, 1.807) is 11.3 Å². The van der Waals surface area contributed by atoms with E-state index in [2.05, 4.69) is 17.4 Å². The molecule has 0 atom stereocenters. The summed E-state index contributed by atoms with van der Waals surface area (Å²) in [7, 11) is 0. The molecule has 0 spiro atoms. The average Bonchev–Trinajstić information content (AvgIpc) is 2.96. The summed E-state index contributed by atoms with van der Waals surface area (Å²) in [6.07, 6.45) is 3.54. The Morgan fingerprint density at radius 2 is 2.06 bits per heavy atom. The van der Waals surface area contributed by atoms with Crippen LogP contribution in [-0.2, 0) is 12.8 Å². The van der Waals surface area contributed by atoms with Gasteiger partial charge in [-0.25, -0.2) is 0 Å². The van der Waals surface area contributed by atoms with Gasteiger partial charge in [0.25, 0.3) is 5.91 Å². The molecule has 2 aromatic rings. The molecule has 0 bridgehead atoms. The van der Waals surface area contributed by atoms with Crippen LogP contribution in [0.15, 0.2) is 29.6 Å². The van der Waals surface area contributed by atoms with Gasteiger partial charge in [0.15, 0.2) is 0 Å². The minimum absolute atomic E-state index is 0.0164. The summed E-state index contributed by atoms with van der Waals surface area (Å²) in [5.41, 5.74) is 4.47. The van der Waals surface area contributed by atoms with Crippen molar-refractivity contribution in [2.75, 3.05) is 5.32 Å². The van der Waals surface area contributed by atoms with Crippen LogP contribution in [0.4, 0.5) is 5.69 Å². The Balaban J connectivity index is 1.78. The average molecular weight is 257 g/mol. The van der Waals surface area contributed by atoms with Crippen LogP contribution in [0, 0.1) is 6.92 Å². The molecule has 1 N–H and O–H groups in total. The van der Waals surface area contributed by atoms with Crippen molar-refractivity contribution in [3.63, 3.8) is 0 Å². The summed E-state index contributed by atoms with van der Waals surface area (Å²) >= 11 is 1.60. The van der Waals surface area contributed by atoms with Crippen molar-refractivity contribution in [1.29, 1.82) is 0 Å². The van der Waals surface area contributed by atoms with Crippen molar-refractivity contribution in [3.8, 4) is 0 Å². The largest absolute Gasteiger partial charge is 0.322 e. The number of amides is 1. The van der Waals surface area contributed by atoms with E-state index >= 15 is 0 Å². The van der Waals surface area contributed by atoms with Gasteiger partial charge in [0.05, 0.1) is 5.56 Å². The lowest BCUT2D eigenvalue weighted by atomic mass is 10.1. The van der Waals surface area contributed by atoms with Crippen molar-refractivity contribution >= 4 is 22.9 Å². The molecule has 92 valence electrons. The number of thiophene rings is 1. The Bertz CT molecular complexity index is 600. The van der Waals surface area contributed by atoms with Crippen LogP contribution in [0.2, 0.25) is 0 Å². The van der Waals surface area contributed by atoms with Crippen LogP contribution in [0.1, 0.15) is 32.8 Å². The number of aryl methyl sites for hydroxylation is 3. The maximum Gasteiger partial charge on any atom is 0.256 e. The molecule has 18 heavy (non-hydrogen) atoms. The molecule has 1 aliphatic carbocycles. The number of hydrogen-bond donors (Lipinski definition) is 1. The van der Waals surface area contributed by atoms with Gasteiger partial charge in [-0.15, -0.1) is 11.3 Å². The first-order chi connectivity index (χ1) is 8.72. The molecule has 0 unspecified atom stereocenters. The molecule has 1 aromatic heterocycles. The van der Waals surface area contributed by atoms with Gasteiger partial charge in [0.2, 0.25) is 0 Å². The molecule has 1 aromatic carbocycles. The summed E-state index contributed by atoms with van der Waals surface area (Å²) in [6, 6.07) is 8.17. The SMILES string of the molecule is Cc1cc(C(=O)Nc2ccc3c(c2)CCC3)cs1. The highest BCUT2D eigenvalue weighted by Gasteiger charge is 2.12. The Hall–Kier alpha value is -1.61.